The quantitative estimate of drug-likeness (QED) is 0.692. The van der Waals surface area contributed by atoms with Gasteiger partial charge in [-0.05, 0) is 23.8 Å². The number of hydrogen-bond acceptors (Lipinski definition) is 1. The van der Waals surface area contributed by atoms with Crippen LogP contribution in [0.25, 0.3) is 10.5 Å². The highest BCUT2D eigenvalue weighted by Gasteiger charge is 1.99. The van der Waals surface area contributed by atoms with Gasteiger partial charge in [-0.2, -0.15) is 5.10 Å². The molecule has 0 aliphatic carbocycles. The van der Waals surface area contributed by atoms with Gasteiger partial charge in [0.15, 0.2) is 0 Å². The van der Waals surface area contributed by atoms with Crippen molar-refractivity contribution in [2.75, 3.05) is 6.54 Å². The van der Waals surface area contributed by atoms with Gasteiger partial charge < -0.3 is 4.85 Å². The Balaban J connectivity index is 2.24. The van der Waals surface area contributed by atoms with Crippen molar-refractivity contribution >= 4 is 0 Å². The van der Waals surface area contributed by atoms with Gasteiger partial charge in [0.1, 0.15) is 0 Å². The molecule has 15 heavy (non-hydrogen) atoms. The number of nitrogens with zero attached hydrogens (tertiary/aromatic N) is 3. The van der Waals surface area contributed by atoms with E-state index < -0.39 is 0 Å². The minimum absolute atomic E-state index is 0.544. The van der Waals surface area contributed by atoms with Gasteiger partial charge in [0.25, 0.3) is 0 Å². The molecule has 0 N–H and O–H groups in total. The van der Waals surface area contributed by atoms with E-state index in [-0.39, 0.29) is 0 Å². The highest BCUT2D eigenvalue weighted by Crippen LogP contribution is 2.10. The molecule has 0 unspecified atom stereocenters. The highest BCUT2D eigenvalue weighted by atomic mass is 15.3. The zero-order valence-electron chi connectivity index (χ0n) is 8.30. The Morgan fingerprint density at radius 1 is 1.33 bits per heavy atom. The van der Waals surface area contributed by atoms with Crippen LogP contribution in [0.5, 0.6) is 0 Å². The van der Waals surface area contributed by atoms with Gasteiger partial charge in [-0.25, -0.2) is 11.3 Å². The average molecular weight is 197 g/mol. The Hall–Kier alpha value is -2.08. The third-order valence-electron chi connectivity index (χ3n) is 2.19. The summed E-state index contributed by atoms with van der Waals surface area (Å²) in [7, 11) is 0. The van der Waals surface area contributed by atoms with Crippen LogP contribution in [0.3, 0.4) is 0 Å². The summed E-state index contributed by atoms with van der Waals surface area (Å²) in [6.07, 6.45) is 4.47. The molecular weight excluding hydrogens is 186 g/mol. The largest absolute Gasteiger partial charge is 0.317 e. The zero-order valence-corrected chi connectivity index (χ0v) is 8.30. The van der Waals surface area contributed by atoms with Crippen molar-refractivity contribution in [3.05, 3.63) is 59.7 Å². The molecule has 0 amide bonds. The second kappa shape index (κ2) is 4.43. The van der Waals surface area contributed by atoms with Crippen LogP contribution in [0.15, 0.2) is 42.7 Å². The van der Waals surface area contributed by atoms with E-state index >= 15 is 0 Å². The zero-order chi connectivity index (χ0) is 10.5. The summed E-state index contributed by atoms with van der Waals surface area (Å²) in [6, 6.07) is 10.0. The molecule has 2 aromatic rings. The van der Waals surface area contributed by atoms with E-state index in [9.17, 15) is 0 Å². The first-order valence-electron chi connectivity index (χ1n) is 4.82. The van der Waals surface area contributed by atoms with E-state index in [4.69, 9.17) is 6.57 Å². The molecule has 3 heteroatoms. The Morgan fingerprint density at radius 3 is 3.00 bits per heavy atom. The van der Waals surface area contributed by atoms with Gasteiger partial charge in [0, 0.05) is 18.8 Å². The minimum atomic E-state index is 0.544. The van der Waals surface area contributed by atoms with Crippen molar-refractivity contribution in [1.29, 1.82) is 0 Å². The number of rotatable bonds is 3. The van der Waals surface area contributed by atoms with Crippen molar-refractivity contribution in [3.63, 3.8) is 0 Å². The van der Waals surface area contributed by atoms with Crippen molar-refractivity contribution in [3.8, 4) is 5.69 Å². The standard InChI is InChI=1S/C12H11N3/c1-13-8-6-11-4-2-5-12(10-11)15-9-3-7-14-15/h2-5,7,9-10H,6,8H2. The molecule has 0 saturated heterocycles. The van der Waals surface area contributed by atoms with E-state index in [1.165, 1.54) is 5.56 Å². The smallest absolute Gasteiger partial charge is 0.218 e. The predicted molar refractivity (Wildman–Crippen MR) is 58.7 cm³/mol. The van der Waals surface area contributed by atoms with Crippen LogP contribution in [0.2, 0.25) is 0 Å². The second-order valence-electron chi connectivity index (χ2n) is 3.25. The summed E-state index contributed by atoms with van der Waals surface area (Å²) in [6.45, 7) is 7.30. The number of aromatic nitrogens is 2. The maximum absolute atomic E-state index is 6.75. The Bertz CT molecular complexity index is 466. The van der Waals surface area contributed by atoms with Gasteiger partial charge >= 0.3 is 0 Å². The molecule has 0 atom stereocenters. The molecule has 1 aromatic heterocycles. The molecule has 0 aliphatic heterocycles. The average Bonchev–Trinajstić information content (AvgIpc) is 2.80. The molecule has 0 fully saturated rings. The van der Waals surface area contributed by atoms with Crippen molar-refractivity contribution in [1.82, 2.24) is 9.78 Å². The summed E-state index contributed by atoms with van der Waals surface area (Å²) in [5, 5.41) is 4.16. The van der Waals surface area contributed by atoms with Crippen molar-refractivity contribution in [2.45, 2.75) is 6.42 Å². The Kier molecular flexibility index (Phi) is 2.80. The van der Waals surface area contributed by atoms with Crippen LogP contribution in [-0.2, 0) is 6.42 Å². The normalized spacial score (nSPS) is 9.80. The first-order valence-corrected chi connectivity index (χ1v) is 4.82. The van der Waals surface area contributed by atoms with Crippen LogP contribution in [0.1, 0.15) is 5.56 Å². The van der Waals surface area contributed by atoms with E-state index in [1.807, 2.05) is 35.1 Å². The van der Waals surface area contributed by atoms with E-state index in [2.05, 4.69) is 16.0 Å². The van der Waals surface area contributed by atoms with Gasteiger partial charge in [-0.3, -0.25) is 0 Å². The maximum atomic E-state index is 6.75. The molecule has 0 spiro atoms. The molecule has 1 aromatic carbocycles. The summed E-state index contributed by atoms with van der Waals surface area (Å²) in [5.74, 6) is 0. The van der Waals surface area contributed by atoms with Crippen LogP contribution in [0, 0.1) is 6.57 Å². The first-order chi connectivity index (χ1) is 7.40. The van der Waals surface area contributed by atoms with Gasteiger partial charge in [0.2, 0.25) is 6.54 Å². The van der Waals surface area contributed by atoms with E-state index in [0.29, 0.717) is 6.54 Å². The summed E-state index contributed by atoms with van der Waals surface area (Å²) < 4.78 is 1.82. The molecule has 74 valence electrons. The van der Waals surface area contributed by atoms with Gasteiger partial charge in [-0.1, -0.05) is 12.1 Å². The summed E-state index contributed by atoms with van der Waals surface area (Å²) in [4.78, 5) is 3.35. The third kappa shape index (κ3) is 2.23. The molecule has 0 saturated carbocycles. The molecule has 1 heterocycles. The Morgan fingerprint density at radius 2 is 2.27 bits per heavy atom. The lowest BCUT2D eigenvalue weighted by molar-refractivity contribution is 0.876. The molecule has 0 aliphatic rings. The van der Waals surface area contributed by atoms with Crippen LogP contribution >= 0.6 is 0 Å². The van der Waals surface area contributed by atoms with Gasteiger partial charge in [0.05, 0.1) is 5.69 Å². The van der Waals surface area contributed by atoms with Gasteiger partial charge in [-0.15, -0.1) is 0 Å². The number of hydrogen-bond donors (Lipinski definition) is 0. The fraction of sp³-hybridized carbons (Fsp3) is 0.167. The molecule has 3 nitrogen and oxygen atoms in total. The number of benzene rings is 1. The highest BCUT2D eigenvalue weighted by molar-refractivity contribution is 5.35. The van der Waals surface area contributed by atoms with Crippen molar-refractivity contribution in [2.24, 2.45) is 0 Å². The predicted octanol–water partition coefficient (Wildman–Crippen LogP) is 2.33. The molecule has 0 radical (unpaired) electrons. The first kappa shape index (κ1) is 9.47. The lowest BCUT2D eigenvalue weighted by Crippen LogP contribution is -1.96. The van der Waals surface area contributed by atoms with Crippen LogP contribution in [0.4, 0.5) is 0 Å². The molecule has 2 rings (SSSR count). The molecule has 0 bridgehead atoms. The Labute approximate surface area is 88.8 Å². The molecular formula is C12H11N3. The topological polar surface area (TPSA) is 22.2 Å². The summed E-state index contributed by atoms with van der Waals surface area (Å²) in [5.41, 5.74) is 2.22. The summed E-state index contributed by atoms with van der Waals surface area (Å²) >= 11 is 0. The lowest BCUT2D eigenvalue weighted by atomic mass is 10.1. The SMILES string of the molecule is [C-]#[N+]CCc1cccc(-n2cccn2)c1. The maximum Gasteiger partial charge on any atom is 0.218 e. The van der Waals surface area contributed by atoms with Crippen LogP contribution in [-0.4, -0.2) is 16.3 Å². The second-order valence-corrected chi connectivity index (χ2v) is 3.25. The van der Waals surface area contributed by atoms with E-state index in [1.54, 1.807) is 6.20 Å². The fourth-order valence-electron chi connectivity index (χ4n) is 1.46. The monoisotopic (exact) mass is 197 g/mol. The van der Waals surface area contributed by atoms with Crippen LogP contribution < -0.4 is 0 Å². The lowest BCUT2D eigenvalue weighted by Gasteiger charge is -2.02. The minimum Gasteiger partial charge on any atom is -0.317 e. The van der Waals surface area contributed by atoms with E-state index in [0.717, 1.165) is 12.1 Å². The third-order valence-corrected chi connectivity index (χ3v) is 2.19. The fourth-order valence-corrected chi connectivity index (χ4v) is 1.46. The van der Waals surface area contributed by atoms with Crippen molar-refractivity contribution < 1.29 is 0 Å².